The SMILES string of the molecule is Cc1ccc(C)c([C@@H]2N[C@@H](COCc3ccccc3)[C@@H](OCc3ccccc3)[C@H]2OCc2ccccc2)c1O. The average Bonchev–Trinajstić information content (AvgIpc) is 3.31. The Morgan fingerprint density at radius 2 is 1.10 bits per heavy atom. The maximum atomic E-state index is 11.2. The summed E-state index contributed by atoms with van der Waals surface area (Å²) in [4.78, 5) is 0. The van der Waals surface area contributed by atoms with Crippen molar-refractivity contribution in [1.29, 1.82) is 0 Å². The van der Waals surface area contributed by atoms with E-state index in [2.05, 4.69) is 47.8 Å². The van der Waals surface area contributed by atoms with Crippen LogP contribution in [0, 0.1) is 13.8 Å². The van der Waals surface area contributed by atoms with Crippen molar-refractivity contribution in [3.63, 3.8) is 0 Å². The van der Waals surface area contributed by atoms with E-state index in [4.69, 9.17) is 14.2 Å². The molecule has 4 aromatic carbocycles. The Bertz CT molecular complexity index is 1310. The fraction of sp³-hybridized carbons (Fsp3) is 0.294. The molecule has 4 aromatic rings. The number of ether oxygens (including phenoxy) is 3. The predicted octanol–water partition coefficient (Wildman–Crippen LogP) is 6.41. The summed E-state index contributed by atoms with van der Waals surface area (Å²) in [7, 11) is 0. The highest BCUT2D eigenvalue weighted by molar-refractivity contribution is 5.47. The molecule has 5 heteroatoms. The van der Waals surface area contributed by atoms with Gasteiger partial charge in [0.25, 0.3) is 0 Å². The quantitative estimate of drug-likeness (QED) is 0.238. The second-order valence-corrected chi connectivity index (χ2v) is 10.2. The highest BCUT2D eigenvalue weighted by Crippen LogP contribution is 2.40. The molecule has 1 aliphatic heterocycles. The van der Waals surface area contributed by atoms with Gasteiger partial charge in [0.2, 0.25) is 0 Å². The van der Waals surface area contributed by atoms with Crippen molar-refractivity contribution in [1.82, 2.24) is 5.32 Å². The molecule has 0 aliphatic carbocycles. The third-order valence-electron chi connectivity index (χ3n) is 7.37. The lowest BCUT2D eigenvalue weighted by molar-refractivity contribution is -0.0863. The van der Waals surface area contributed by atoms with Crippen molar-refractivity contribution in [2.45, 2.75) is 58.0 Å². The van der Waals surface area contributed by atoms with E-state index in [-0.39, 0.29) is 24.3 Å². The van der Waals surface area contributed by atoms with Gasteiger partial charge in [-0.05, 0) is 41.7 Å². The molecule has 1 fully saturated rings. The first-order chi connectivity index (χ1) is 19.1. The van der Waals surface area contributed by atoms with E-state index < -0.39 is 0 Å². The molecule has 2 N–H and O–H groups in total. The van der Waals surface area contributed by atoms with Gasteiger partial charge in [0.05, 0.1) is 38.5 Å². The van der Waals surface area contributed by atoms with Crippen molar-refractivity contribution >= 4 is 0 Å². The lowest BCUT2D eigenvalue weighted by atomic mass is 9.93. The zero-order valence-corrected chi connectivity index (χ0v) is 22.6. The molecule has 1 aliphatic rings. The van der Waals surface area contributed by atoms with Crippen molar-refractivity contribution in [3.8, 4) is 5.75 Å². The molecule has 0 saturated carbocycles. The molecule has 0 amide bonds. The van der Waals surface area contributed by atoms with Crippen LogP contribution in [0.25, 0.3) is 0 Å². The van der Waals surface area contributed by atoms with Crippen LogP contribution in [-0.2, 0) is 34.0 Å². The Morgan fingerprint density at radius 3 is 1.67 bits per heavy atom. The van der Waals surface area contributed by atoms with Crippen molar-refractivity contribution in [2.75, 3.05) is 6.61 Å². The fourth-order valence-corrected chi connectivity index (χ4v) is 5.25. The second kappa shape index (κ2) is 13.0. The van der Waals surface area contributed by atoms with Crippen LogP contribution >= 0.6 is 0 Å². The van der Waals surface area contributed by atoms with E-state index in [9.17, 15) is 5.11 Å². The van der Waals surface area contributed by atoms with Gasteiger partial charge in [-0.1, -0.05) is 103 Å². The zero-order valence-electron chi connectivity index (χ0n) is 22.6. The molecule has 5 nitrogen and oxygen atoms in total. The van der Waals surface area contributed by atoms with E-state index in [1.54, 1.807) is 0 Å². The Labute approximate surface area is 231 Å². The summed E-state index contributed by atoms with van der Waals surface area (Å²) in [5, 5.41) is 14.9. The van der Waals surface area contributed by atoms with E-state index in [1.807, 2.05) is 74.5 Å². The van der Waals surface area contributed by atoms with Gasteiger partial charge < -0.3 is 24.6 Å². The number of hydrogen-bond donors (Lipinski definition) is 2. The highest BCUT2D eigenvalue weighted by Gasteiger charge is 2.47. The number of nitrogens with one attached hydrogen (secondary N) is 1. The van der Waals surface area contributed by atoms with E-state index in [0.29, 0.717) is 32.2 Å². The number of phenols is 1. The molecule has 0 spiro atoms. The van der Waals surface area contributed by atoms with E-state index >= 15 is 0 Å². The summed E-state index contributed by atoms with van der Waals surface area (Å²) in [6.45, 7) is 5.82. The minimum Gasteiger partial charge on any atom is -0.507 e. The molecule has 0 radical (unpaired) electrons. The minimum absolute atomic E-state index is 0.137. The van der Waals surface area contributed by atoms with Gasteiger partial charge in [-0.15, -0.1) is 0 Å². The average molecular weight is 524 g/mol. The van der Waals surface area contributed by atoms with Gasteiger partial charge in [-0.25, -0.2) is 0 Å². The summed E-state index contributed by atoms with van der Waals surface area (Å²) in [6.07, 6.45) is -0.639. The van der Waals surface area contributed by atoms with Gasteiger partial charge in [0, 0.05) is 5.56 Å². The number of aryl methyl sites for hydroxylation is 2. The van der Waals surface area contributed by atoms with Gasteiger partial charge in [0.15, 0.2) is 0 Å². The van der Waals surface area contributed by atoms with Crippen LogP contribution in [0.15, 0.2) is 103 Å². The molecule has 202 valence electrons. The molecule has 1 heterocycles. The highest BCUT2D eigenvalue weighted by atomic mass is 16.5. The first-order valence-corrected chi connectivity index (χ1v) is 13.6. The largest absolute Gasteiger partial charge is 0.507 e. The summed E-state index contributed by atoms with van der Waals surface area (Å²) in [6, 6.07) is 34.1. The number of phenolic OH excluding ortho intramolecular Hbond substituents is 1. The number of hydrogen-bond acceptors (Lipinski definition) is 5. The number of rotatable bonds is 11. The van der Waals surface area contributed by atoms with Crippen LogP contribution in [0.2, 0.25) is 0 Å². The Hall–Kier alpha value is -3.48. The standard InChI is InChI=1S/C34H37NO4/c1-24-18-19-25(2)32(36)30(24)31-34(39-22-28-16-10-5-11-17-28)33(38-21-27-14-8-4-9-15-27)29(35-31)23-37-20-26-12-6-3-7-13-26/h3-19,29,31,33-36H,20-23H2,1-2H3/t29-,31-,33+,34-/m0/s1. The summed E-state index contributed by atoms with van der Waals surface area (Å²) in [5.74, 6) is 0.300. The Morgan fingerprint density at radius 1 is 0.615 bits per heavy atom. The lowest BCUT2D eigenvalue weighted by Gasteiger charge is -2.27. The maximum absolute atomic E-state index is 11.2. The molecule has 0 unspecified atom stereocenters. The predicted molar refractivity (Wildman–Crippen MR) is 153 cm³/mol. The van der Waals surface area contributed by atoms with Gasteiger partial charge in [-0.2, -0.15) is 0 Å². The van der Waals surface area contributed by atoms with Crippen LogP contribution in [0.1, 0.15) is 39.4 Å². The minimum atomic E-state index is -0.342. The van der Waals surface area contributed by atoms with Crippen LogP contribution in [-0.4, -0.2) is 30.0 Å². The van der Waals surface area contributed by atoms with E-state index in [0.717, 1.165) is 33.4 Å². The topological polar surface area (TPSA) is 60.0 Å². The van der Waals surface area contributed by atoms with Crippen molar-refractivity contribution < 1.29 is 19.3 Å². The van der Waals surface area contributed by atoms with Crippen molar-refractivity contribution in [2.24, 2.45) is 0 Å². The Kier molecular flexibility index (Phi) is 9.07. The first kappa shape index (κ1) is 27.1. The van der Waals surface area contributed by atoms with Gasteiger partial charge in [-0.3, -0.25) is 0 Å². The Balaban J connectivity index is 1.43. The third-order valence-corrected chi connectivity index (χ3v) is 7.37. The summed E-state index contributed by atoms with van der Waals surface area (Å²) in [5.41, 5.74) is 6.01. The van der Waals surface area contributed by atoms with Crippen LogP contribution < -0.4 is 5.32 Å². The normalized spacial score (nSPS) is 20.8. The van der Waals surface area contributed by atoms with Crippen LogP contribution in [0.3, 0.4) is 0 Å². The molecule has 39 heavy (non-hydrogen) atoms. The maximum Gasteiger partial charge on any atom is 0.123 e. The first-order valence-electron chi connectivity index (χ1n) is 13.6. The fourth-order valence-electron chi connectivity index (χ4n) is 5.25. The summed E-state index contributed by atoms with van der Waals surface area (Å²) >= 11 is 0. The number of benzene rings is 4. The molecule has 1 saturated heterocycles. The number of aromatic hydroxyl groups is 1. The molecular formula is C34H37NO4. The van der Waals surface area contributed by atoms with E-state index in [1.165, 1.54) is 0 Å². The molecule has 0 aromatic heterocycles. The van der Waals surface area contributed by atoms with Gasteiger partial charge in [0.1, 0.15) is 18.0 Å². The third kappa shape index (κ3) is 6.75. The smallest absolute Gasteiger partial charge is 0.123 e. The van der Waals surface area contributed by atoms with Crippen LogP contribution in [0.4, 0.5) is 0 Å². The molecule has 5 rings (SSSR count). The molecule has 4 atom stereocenters. The monoisotopic (exact) mass is 523 g/mol. The van der Waals surface area contributed by atoms with Crippen LogP contribution in [0.5, 0.6) is 5.75 Å². The zero-order chi connectivity index (χ0) is 27.0. The van der Waals surface area contributed by atoms with Gasteiger partial charge >= 0.3 is 0 Å². The second-order valence-electron chi connectivity index (χ2n) is 10.2. The molecular weight excluding hydrogens is 486 g/mol. The summed E-state index contributed by atoms with van der Waals surface area (Å²) < 4.78 is 19.5. The lowest BCUT2D eigenvalue weighted by Crippen LogP contribution is -2.39. The molecule has 0 bridgehead atoms. The van der Waals surface area contributed by atoms with Crippen molar-refractivity contribution in [3.05, 3.63) is 137 Å².